The van der Waals surface area contributed by atoms with Gasteiger partial charge in [-0.3, -0.25) is 0 Å². The van der Waals surface area contributed by atoms with Crippen LogP contribution in [0.2, 0.25) is 0 Å². The fourth-order valence-electron chi connectivity index (χ4n) is 3.35. The molecule has 2 N–H and O–H groups in total. The van der Waals surface area contributed by atoms with E-state index in [0.29, 0.717) is 22.6 Å². The van der Waals surface area contributed by atoms with Crippen LogP contribution in [0.1, 0.15) is 0 Å². The van der Waals surface area contributed by atoms with Crippen molar-refractivity contribution < 1.29 is 19.7 Å². The maximum atomic E-state index is 10.7. The van der Waals surface area contributed by atoms with Gasteiger partial charge in [-0.15, -0.1) is 0 Å². The number of ether oxygens (including phenoxy) is 2. The Hall–Kier alpha value is -3.40. The first kappa shape index (κ1) is 16.1. The molecule has 130 valence electrons. The molecule has 4 aromatic carbocycles. The molecular formula is C22H18O4. The summed E-state index contributed by atoms with van der Waals surface area (Å²) in [5, 5.41) is 24.8. The zero-order valence-electron chi connectivity index (χ0n) is 14.5. The Labute approximate surface area is 150 Å². The van der Waals surface area contributed by atoms with Crippen molar-refractivity contribution >= 4 is 21.5 Å². The van der Waals surface area contributed by atoms with Crippen LogP contribution < -0.4 is 9.47 Å². The molecule has 0 saturated carbocycles. The van der Waals surface area contributed by atoms with E-state index in [-0.39, 0.29) is 11.5 Å². The van der Waals surface area contributed by atoms with Crippen molar-refractivity contribution in [2.75, 3.05) is 14.2 Å². The lowest BCUT2D eigenvalue weighted by Gasteiger charge is -2.15. The van der Waals surface area contributed by atoms with Crippen LogP contribution in [0.5, 0.6) is 23.0 Å². The first-order chi connectivity index (χ1) is 12.6. The lowest BCUT2D eigenvalue weighted by atomic mass is 9.92. The second kappa shape index (κ2) is 6.15. The summed E-state index contributed by atoms with van der Waals surface area (Å²) in [5.41, 5.74) is 1.13. The third-order valence-corrected chi connectivity index (χ3v) is 4.66. The molecule has 0 fully saturated rings. The van der Waals surface area contributed by atoms with E-state index in [9.17, 15) is 10.2 Å². The fourth-order valence-corrected chi connectivity index (χ4v) is 3.35. The lowest BCUT2D eigenvalue weighted by molar-refractivity contribution is 0.415. The summed E-state index contributed by atoms with van der Waals surface area (Å²) in [6, 6.07) is 18.3. The maximum absolute atomic E-state index is 10.7. The van der Waals surface area contributed by atoms with Gasteiger partial charge in [-0.25, -0.2) is 0 Å². The van der Waals surface area contributed by atoms with Crippen LogP contribution in [0.3, 0.4) is 0 Å². The number of aromatic hydroxyl groups is 2. The largest absolute Gasteiger partial charge is 0.507 e. The van der Waals surface area contributed by atoms with Gasteiger partial charge in [-0.1, -0.05) is 24.3 Å². The van der Waals surface area contributed by atoms with E-state index in [0.717, 1.165) is 21.5 Å². The third-order valence-electron chi connectivity index (χ3n) is 4.66. The van der Waals surface area contributed by atoms with Gasteiger partial charge >= 0.3 is 0 Å². The van der Waals surface area contributed by atoms with Gasteiger partial charge in [0.2, 0.25) is 0 Å². The first-order valence-electron chi connectivity index (χ1n) is 8.22. The van der Waals surface area contributed by atoms with Gasteiger partial charge in [0.15, 0.2) is 0 Å². The third kappa shape index (κ3) is 2.47. The van der Waals surface area contributed by atoms with Crippen molar-refractivity contribution in [3.63, 3.8) is 0 Å². The Bertz CT molecular complexity index is 1040. The molecule has 0 bridgehead atoms. The smallest absolute Gasteiger partial charge is 0.124 e. The van der Waals surface area contributed by atoms with Crippen LogP contribution in [-0.2, 0) is 0 Å². The van der Waals surface area contributed by atoms with Crippen molar-refractivity contribution in [2.24, 2.45) is 0 Å². The minimum absolute atomic E-state index is 0.0939. The van der Waals surface area contributed by atoms with Crippen LogP contribution >= 0.6 is 0 Å². The molecule has 0 amide bonds. The Kier molecular flexibility index (Phi) is 3.81. The number of phenols is 2. The van der Waals surface area contributed by atoms with Crippen molar-refractivity contribution in [1.82, 2.24) is 0 Å². The molecule has 26 heavy (non-hydrogen) atoms. The second-order valence-electron chi connectivity index (χ2n) is 6.09. The van der Waals surface area contributed by atoms with Gasteiger partial charge in [0, 0.05) is 11.1 Å². The fraction of sp³-hybridized carbons (Fsp3) is 0.0909. The lowest BCUT2D eigenvalue weighted by Crippen LogP contribution is -1.89. The Morgan fingerprint density at radius 1 is 0.577 bits per heavy atom. The summed E-state index contributed by atoms with van der Waals surface area (Å²) in [4.78, 5) is 0. The van der Waals surface area contributed by atoms with Gasteiger partial charge in [-0.05, 0) is 57.9 Å². The summed E-state index contributed by atoms with van der Waals surface area (Å²) in [6.07, 6.45) is 0. The minimum Gasteiger partial charge on any atom is -0.507 e. The SMILES string of the molecule is COc1ccc2ccc(O)c(-c3c(O)ccc4ccc(OC)cc34)c2c1. The van der Waals surface area contributed by atoms with Crippen LogP contribution in [0, 0.1) is 0 Å². The molecule has 0 aliphatic carbocycles. The number of hydrogen-bond donors (Lipinski definition) is 2. The molecule has 4 nitrogen and oxygen atoms in total. The Morgan fingerprint density at radius 2 is 0.962 bits per heavy atom. The highest BCUT2D eigenvalue weighted by molar-refractivity contribution is 6.10. The molecule has 4 aromatic rings. The summed E-state index contributed by atoms with van der Waals surface area (Å²) in [6.45, 7) is 0. The van der Waals surface area contributed by atoms with E-state index in [1.54, 1.807) is 26.4 Å². The van der Waals surface area contributed by atoms with Gasteiger partial charge < -0.3 is 19.7 Å². The summed E-state index contributed by atoms with van der Waals surface area (Å²) < 4.78 is 10.7. The van der Waals surface area contributed by atoms with Crippen molar-refractivity contribution in [3.05, 3.63) is 60.7 Å². The molecule has 0 atom stereocenters. The van der Waals surface area contributed by atoms with Crippen LogP contribution in [0.15, 0.2) is 60.7 Å². The zero-order valence-corrected chi connectivity index (χ0v) is 14.5. The number of hydrogen-bond acceptors (Lipinski definition) is 4. The van der Waals surface area contributed by atoms with Crippen molar-refractivity contribution in [1.29, 1.82) is 0 Å². The summed E-state index contributed by atoms with van der Waals surface area (Å²) >= 11 is 0. The highest BCUT2D eigenvalue weighted by Crippen LogP contribution is 2.45. The predicted octanol–water partition coefficient (Wildman–Crippen LogP) is 5.09. The van der Waals surface area contributed by atoms with Gasteiger partial charge in [0.25, 0.3) is 0 Å². The molecule has 4 heteroatoms. The highest BCUT2D eigenvalue weighted by atomic mass is 16.5. The molecule has 0 aliphatic rings. The molecular weight excluding hydrogens is 328 g/mol. The Morgan fingerprint density at radius 3 is 1.35 bits per heavy atom. The van der Waals surface area contributed by atoms with E-state index in [2.05, 4.69) is 0 Å². The average Bonchev–Trinajstić information content (AvgIpc) is 2.68. The molecule has 0 radical (unpaired) electrons. The summed E-state index contributed by atoms with van der Waals surface area (Å²) in [7, 11) is 3.20. The van der Waals surface area contributed by atoms with E-state index < -0.39 is 0 Å². The topological polar surface area (TPSA) is 58.9 Å². The number of fused-ring (bicyclic) bond motifs is 2. The molecule has 0 heterocycles. The maximum Gasteiger partial charge on any atom is 0.124 e. The number of benzene rings is 4. The van der Waals surface area contributed by atoms with E-state index >= 15 is 0 Å². The number of phenolic OH excluding ortho intramolecular Hbond substituents is 2. The molecule has 0 spiro atoms. The van der Waals surface area contributed by atoms with E-state index in [4.69, 9.17) is 9.47 Å². The molecule has 0 saturated heterocycles. The number of methoxy groups -OCH3 is 2. The first-order valence-corrected chi connectivity index (χ1v) is 8.22. The minimum atomic E-state index is 0.0939. The van der Waals surface area contributed by atoms with Crippen LogP contribution in [0.4, 0.5) is 0 Å². The second-order valence-corrected chi connectivity index (χ2v) is 6.09. The Balaban J connectivity index is 2.16. The molecule has 0 aromatic heterocycles. The predicted molar refractivity (Wildman–Crippen MR) is 103 cm³/mol. The average molecular weight is 346 g/mol. The normalized spacial score (nSPS) is 11.0. The number of rotatable bonds is 3. The highest BCUT2D eigenvalue weighted by Gasteiger charge is 2.17. The van der Waals surface area contributed by atoms with Crippen molar-refractivity contribution in [2.45, 2.75) is 0 Å². The standard InChI is InChI=1S/C22H18O4/c1-25-15-7-3-13-5-9-19(23)21(17(13)11-15)22-18-12-16(26-2)8-4-14(18)6-10-20(22)24/h3-12,23-24H,1-2H3. The van der Waals surface area contributed by atoms with Crippen LogP contribution in [0.25, 0.3) is 32.7 Å². The van der Waals surface area contributed by atoms with E-state index in [1.165, 1.54) is 0 Å². The monoisotopic (exact) mass is 346 g/mol. The molecule has 0 unspecified atom stereocenters. The van der Waals surface area contributed by atoms with Gasteiger partial charge in [-0.2, -0.15) is 0 Å². The molecule has 0 aliphatic heterocycles. The quantitative estimate of drug-likeness (QED) is 0.542. The zero-order chi connectivity index (χ0) is 18.3. The molecule has 4 rings (SSSR count). The van der Waals surface area contributed by atoms with E-state index in [1.807, 2.05) is 48.5 Å². The van der Waals surface area contributed by atoms with Crippen molar-refractivity contribution in [3.8, 4) is 34.1 Å². The van der Waals surface area contributed by atoms with Crippen LogP contribution in [-0.4, -0.2) is 24.4 Å². The van der Waals surface area contributed by atoms with Gasteiger partial charge in [0.1, 0.15) is 23.0 Å². The van der Waals surface area contributed by atoms with Gasteiger partial charge in [0.05, 0.1) is 14.2 Å². The summed E-state index contributed by atoms with van der Waals surface area (Å²) in [5.74, 6) is 1.55.